The minimum absolute atomic E-state index is 0.00680. The molecule has 30 heavy (non-hydrogen) atoms. The monoisotopic (exact) mass is 433 g/mol. The van der Waals surface area contributed by atoms with Crippen molar-refractivity contribution in [2.24, 2.45) is 0 Å². The molecule has 0 fully saturated rings. The average Bonchev–Trinajstić information content (AvgIpc) is 3.14. The Hall–Kier alpha value is -3.07. The number of fused-ring (bicyclic) bond motifs is 1. The van der Waals surface area contributed by atoms with E-state index in [4.69, 9.17) is 0 Å². The first-order valence-corrected chi connectivity index (χ1v) is 10.2. The van der Waals surface area contributed by atoms with Crippen molar-refractivity contribution in [2.75, 3.05) is 16.8 Å². The number of carbonyl (C=O) groups excluding carboxylic acids is 1. The lowest BCUT2D eigenvalue weighted by atomic mass is 10.0. The van der Waals surface area contributed by atoms with Gasteiger partial charge >= 0.3 is 6.36 Å². The van der Waals surface area contributed by atoms with Crippen LogP contribution >= 0.6 is 11.3 Å². The Morgan fingerprint density at radius 3 is 2.70 bits per heavy atom. The summed E-state index contributed by atoms with van der Waals surface area (Å²) in [5.74, 6) is -0.298. The molecule has 0 saturated carbocycles. The highest BCUT2D eigenvalue weighted by molar-refractivity contribution is 7.13. The Labute approximate surface area is 175 Å². The molecule has 1 aliphatic heterocycles. The smallest absolute Gasteiger partial charge is 0.406 e. The molecule has 1 aliphatic rings. The van der Waals surface area contributed by atoms with E-state index in [1.54, 1.807) is 5.38 Å². The molecule has 3 aromatic rings. The Morgan fingerprint density at radius 2 is 1.93 bits per heavy atom. The van der Waals surface area contributed by atoms with Gasteiger partial charge in [0.1, 0.15) is 5.75 Å². The van der Waals surface area contributed by atoms with Gasteiger partial charge in [-0.3, -0.25) is 4.79 Å². The predicted octanol–water partition coefficient (Wildman–Crippen LogP) is 5.31. The summed E-state index contributed by atoms with van der Waals surface area (Å²) in [7, 11) is 0. The molecule has 1 amide bonds. The maximum Gasteiger partial charge on any atom is 0.573 e. The molecule has 1 N–H and O–H groups in total. The molecule has 2 aromatic carbocycles. The first-order valence-electron chi connectivity index (χ1n) is 9.33. The van der Waals surface area contributed by atoms with Gasteiger partial charge in [-0.1, -0.05) is 18.2 Å². The fourth-order valence-corrected chi connectivity index (χ4v) is 4.08. The summed E-state index contributed by atoms with van der Waals surface area (Å²) < 4.78 is 40.6. The van der Waals surface area contributed by atoms with Crippen LogP contribution in [0.1, 0.15) is 17.7 Å². The molecule has 0 bridgehead atoms. The number of thiazole rings is 1. The first-order chi connectivity index (χ1) is 14.4. The van der Waals surface area contributed by atoms with Gasteiger partial charge in [-0.25, -0.2) is 4.98 Å². The predicted molar refractivity (Wildman–Crippen MR) is 109 cm³/mol. The topological polar surface area (TPSA) is 54.5 Å². The van der Waals surface area contributed by atoms with E-state index < -0.39 is 6.36 Å². The number of para-hydroxylation sites is 1. The molecule has 0 unspecified atom stereocenters. The van der Waals surface area contributed by atoms with Crippen molar-refractivity contribution < 1.29 is 22.7 Å². The Morgan fingerprint density at radius 1 is 1.17 bits per heavy atom. The van der Waals surface area contributed by atoms with Gasteiger partial charge in [0.25, 0.3) is 0 Å². The number of aryl methyl sites for hydroxylation is 1. The number of alkyl halides is 3. The van der Waals surface area contributed by atoms with Crippen LogP contribution in [0.4, 0.5) is 29.7 Å². The van der Waals surface area contributed by atoms with Gasteiger partial charge in [0, 0.05) is 23.3 Å². The molecule has 9 heteroatoms. The Balaban J connectivity index is 1.38. The number of nitrogens with zero attached hydrogens (tertiary/aromatic N) is 2. The summed E-state index contributed by atoms with van der Waals surface area (Å²) in [5.41, 5.74) is 3.36. The molecule has 2 heterocycles. The van der Waals surface area contributed by atoms with Crippen LogP contribution in [0.5, 0.6) is 5.75 Å². The van der Waals surface area contributed by atoms with Crippen LogP contribution in [0.25, 0.3) is 0 Å². The quantitative estimate of drug-likeness (QED) is 0.593. The van der Waals surface area contributed by atoms with Gasteiger partial charge in [-0.15, -0.1) is 24.5 Å². The number of halogens is 3. The molecule has 0 radical (unpaired) electrons. The number of benzene rings is 2. The standard InChI is InChI=1S/C21H18F3N3O2S/c22-21(23,24)29-17-9-7-15(8-10-17)25-20-26-16(13-30-20)12-19(28)27-11-3-5-14-4-1-2-6-18(14)27/h1-2,4,6-10,13H,3,5,11-12H2,(H,25,26). The van der Waals surface area contributed by atoms with E-state index in [1.165, 1.54) is 41.2 Å². The van der Waals surface area contributed by atoms with Crippen molar-refractivity contribution in [3.8, 4) is 5.75 Å². The lowest BCUT2D eigenvalue weighted by Gasteiger charge is -2.29. The third-order valence-electron chi connectivity index (χ3n) is 4.63. The van der Waals surface area contributed by atoms with Gasteiger partial charge in [-0.05, 0) is 48.7 Å². The second kappa shape index (κ2) is 8.35. The van der Waals surface area contributed by atoms with E-state index in [0.717, 1.165) is 18.5 Å². The normalized spacial score (nSPS) is 13.6. The van der Waals surface area contributed by atoms with E-state index in [2.05, 4.69) is 15.0 Å². The van der Waals surface area contributed by atoms with Gasteiger partial charge in [0.2, 0.25) is 5.91 Å². The molecule has 4 rings (SSSR count). The number of amides is 1. The average molecular weight is 433 g/mol. The second-order valence-electron chi connectivity index (χ2n) is 6.80. The van der Waals surface area contributed by atoms with Crippen molar-refractivity contribution in [2.45, 2.75) is 25.6 Å². The van der Waals surface area contributed by atoms with Crippen LogP contribution in [0.3, 0.4) is 0 Å². The summed E-state index contributed by atoms with van der Waals surface area (Å²) in [6.07, 6.45) is -2.64. The molecule has 0 atom stereocenters. The van der Waals surface area contributed by atoms with E-state index in [9.17, 15) is 18.0 Å². The number of nitrogens with one attached hydrogen (secondary N) is 1. The third-order valence-corrected chi connectivity index (χ3v) is 5.44. The van der Waals surface area contributed by atoms with Crippen LogP contribution in [0.15, 0.2) is 53.9 Å². The zero-order valence-corrected chi connectivity index (χ0v) is 16.6. The number of ether oxygens (including phenoxy) is 1. The molecule has 156 valence electrons. The lowest BCUT2D eigenvalue weighted by Crippen LogP contribution is -2.36. The maximum atomic E-state index is 12.8. The Kier molecular flexibility index (Phi) is 5.63. The SMILES string of the molecule is O=C(Cc1csc(Nc2ccc(OC(F)(F)F)cc2)n1)N1CCCc2ccccc21. The highest BCUT2D eigenvalue weighted by atomic mass is 32.1. The Bertz CT molecular complexity index is 1030. The van der Waals surface area contributed by atoms with Crippen LogP contribution in [0, 0.1) is 0 Å². The minimum atomic E-state index is -4.72. The number of carbonyl (C=O) groups is 1. The molecular formula is C21H18F3N3O2S. The van der Waals surface area contributed by atoms with Crippen LogP contribution < -0.4 is 15.0 Å². The minimum Gasteiger partial charge on any atom is -0.406 e. The van der Waals surface area contributed by atoms with Gasteiger partial charge in [0.15, 0.2) is 5.13 Å². The maximum absolute atomic E-state index is 12.8. The third kappa shape index (κ3) is 4.91. The molecule has 1 aromatic heterocycles. The molecule has 0 spiro atoms. The van der Waals surface area contributed by atoms with Crippen molar-refractivity contribution >= 4 is 33.8 Å². The van der Waals surface area contributed by atoms with Gasteiger partial charge in [0.05, 0.1) is 12.1 Å². The van der Waals surface area contributed by atoms with E-state index in [-0.39, 0.29) is 18.1 Å². The van der Waals surface area contributed by atoms with Crippen molar-refractivity contribution in [1.82, 2.24) is 4.98 Å². The highest BCUT2D eigenvalue weighted by Crippen LogP contribution is 2.29. The highest BCUT2D eigenvalue weighted by Gasteiger charge is 2.31. The largest absolute Gasteiger partial charge is 0.573 e. The van der Waals surface area contributed by atoms with Crippen molar-refractivity contribution in [3.05, 3.63) is 65.2 Å². The summed E-state index contributed by atoms with van der Waals surface area (Å²) >= 11 is 1.33. The van der Waals surface area contributed by atoms with Gasteiger partial charge < -0.3 is 15.0 Å². The van der Waals surface area contributed by atoms with E-state index in [1.807, 2.05) is 29.2 Å². The zero-order chi connectivity index (χ0) is 21.1. The summed E-state index contributed by atoms with van der Waals surface area (Å²) in [6, 6.07) is 13.3. The van der Waals surface area contributed by atoms with Crippen molar-refractivity contribution in [1.29, 1.82) is 0 Å². The van der Waals surface area contributed by atoms with E-state index >= 15 is 0 Å². The summed E-state index contributed by atoms with van der Waals surface area (Å²) in [5, 5.41) is 5.39. The number of anilines is 3. The lowest BCUT2D eigenvalue weighted by molar-refractivity contribution is -0.274. The number of rotatable bonds is 5. The second-order valence-corrected chi connectivity index (χ2v) is 7.65. The van der Waals surface area contributed by atoms with Crippen LogP contribution in [-0.4, -0.2) is 23.8 Å². The molecule has 5 nitrogen and oxygen atoms in total. The fourth-order valence-electron chi connectivity index (χ4n) is 3.35. The number of hydrogen-bond donors (Lipinski definition) is 1. The number of aromatic nitrogens is 1. The molecule has 0 saturated heterocycles. The first kappa shape index (κ1) is 20.2. The fraction of sp³-hybridized carbons (Fsp3) is 0.238. The molecular weight excluding hydrogens is 415 g/mol. The van der Waals surface area contributed by atoms with Crippen LogP contribution in [-0.2, 0) is 17.6 Å². The van der Waals surface area contributed by atoms with Crippen molar-refractivity contribution in [3.63, 3.8) is 0 Å². The summed E-state index contributed by atoms with van der Waals surface area (Å²) in [4.78, 5) is 19.1. The van der Waals surface area contributed by atoms with Crippen LogP contribution in [0.2, 0.25) is 0 Å². The molecule has 0 aliphatic carbocycles. The van der Waals surface area contributed by atoms with E-state index in [0.29, 0.717) is 23.1 Å². The number of hydrogen-bond acceptors (Lipinski definition) is 5. The zero-order valence-electron chi connectivity index (χ0n) is 15.8. The summed E-state index contributed by atoms with van der Waals surface area (Å²) in [6.45, 7) is 0.692. The van der Waals surface area contributed by atoms with Gasteiger partial charge in [-0.2, -0.15) is 0 Å².